The van der Waals surface area contributed by atoms with Gasteiger partial charge in [-0.2, -0.15) is 10.4 Å². The maximum Gasteiger partial charge on any atom is 0.0766 e. The van der Waals surface area contributed by atoms with Gasteiger partial charge in [0.05, 0.1) is 17.2 Å². The van der Waals surface area contributed by atoms with E-state index in [-0.39, 0.29) is 0 Å². The molecule has 80 valence electrons. The summed E-state index contributed by atoms with van der Waals surface area (Å²) in [5.41, 5.74) is 1.58. The third kappa shape index (κ3) is 1.82. The lowest BCUT2D eigenvalue weighted by molar-refractivity contribution is 0.686. The van der Waals surface area contributed by atoms with Gasteiger partial charge in [0.2, 0.25) is 0 Å². The fourth-order valence-corrected chi connectivity index (χ4v) is 1.52. The molecule has 0 saturated carbocycles. The van der Waals surface area contributed by atoms with Crippen LogP contribution >= 0.6 is 0 Å². The smallest absolute Gasteiger partial charge is 0.0766 e. The third-order valence-electron chi connectivity index (χ3n) is 2.64. The van der Waals surface area contributed by atoms with Gasteiger partial charge >= 0.3 is 0 Å². The lowest BCUT2D eigenvalue weighted by Gasteiger charge is -2.15. The first-order valence-electron chi connectivity index (χ1n) is 5.15. The number of hydrogen-bond donors (Lipinski definition) is 0. The molecule has 16 heavy (non-hydrogen) atoms. The fourth-order valence-electron chi connectivity index (χ4n) is 1.52. The van der Waals surface area contributed by atoms with Gasteiger partial charge in [0.1, 0.15) is 0 Å². The molecule has 2 aromatic rings. The molecule has 2 rings (SSSR count). The summed E-state index contributed by atoms with van der Waals surface area (Å²) in [4.78, 5) is 0. The summed E-state index contributed by atoms with van der Waals surface area (Å²) in [6.45, 7) is 3.83. The van der Waals surface area contributed by atoms with Crippen molar-refractivity contribution < 1.29 is 0 Å². The summed E-state index contributed by atoms with van der Waals surface area (Å²) in [6, 6.07) is 12.1. The second kappa shape index (κ2) is 3.82. The Labute approximate surface area is 94.9 Å². The highest BCUT2D eigenvalue weighted by Crippen LogP contribution is 2.22. The Morgan fingerprint density at radius 2 is 1.94 bits per heavy atom. The molecule has 0 amide bonds. The monoisotopic (exact) mass is 211 g/mol. The summed E-state index contributed by atoms with van der Waals surface area (Å²) < 4.78 is 1.79. The normalized spacial score (nSPS) is 11.1. The van der Waals surface area contributed by atoms with E-state index in [4.69, 9.17) is 5.26 Å². The van der Waals surface area contributed by atoms with Crippen LogP contribution in [0.15, 0.2) is 42.7 Å². The molecule has 1 heterocycles. The van der Waals surface area contributed by atoms with E-state index in [0.717, 1.165) is 11.3 Å². The van der Waals surface area contributed by atoms with Crippen LogP contribution in [0.2, 0.25) is 0 Å². The summed E-state index contributed by atoms with van der Waals surface area (Å²) >= 11 is 0. The van der Waals surface area contributed by atoms with Crippen molar-refractivity contribution in [2.24, 2.45) is 0 Å². The van der Waals surface area contributed by atoms with E-state index in [1.165, 1.54) is 0 Å². The number of nitrogens with zero attached hydrogens (tertiary/aromatic N) is 3. The van der Waals surface area contributed by atoms with Gasteiger partial charge in [-0.1, -0.05) is 12.1 Å². The minimum absolute atomic E-state index is 0.442. The lowest BCUT2D eigenvalue weighted by Crippen LogP contribution is -2.13. The Hall–Kier alpha value is -2.08. The van der Waals surface area contributed by atoms with Gasteiger partial charge in [-0.05, 0) is 37.6 Å². The number of hydrogen-bond acceptors (Lipinski definition) is 2. The summed E-state index contributed by atoms with van der Waals surface area (Å²) in [7, 11) is 0. The first-order chi connectivity index (χ1) is 7.63. The van der Waals surface area contributed by atoms with E-state index in [2.05, 4.69) is 11.2 Å². The minimum atomic E-state index is -0.442. The molecule has 0 fully saturated rings. The molecule has 0 spiro atoms. The van der Waals surface area contributed by atoms with Gasteiger partial charge < -0.3 is 0 Å². The first kappa shape index (κ1) is 10.4. The van der Waals surface area contributed by atoms with E-state index in [1.807, 2.05) is 50.4 Å². The lowest BCUT2D eigenvalue weighted by atomic mass is 9.86. The average molecular weight is 211 g/mol. The van der Waals surface area contributed by atoms with Crippen molar-refractivity contribution in [1.82, 2.24) is 9.78 Å². The number of nitriles is 1. The van der Waals surface area contributed by atoms with Crippen molar-refractivity contribution in [2.75, 3.05) is 0 Å². The predicted molar refractivity (Wildman–Crippen MR) is 62.2 cm³/mol. The molecule has 0 aliphatic heterocycles. The Kier molecular flexibility index (Phi) is 2.49. The SMILES string of the molecule is CC(C)(C#N)c1ccc(-n2cccn2)cc1. The zero-order valence-corrected chi connectivity index (χ0v) is 9.38. The number of rotatable bonds is 2. The standard InChI is InChI=1S/C13H13N3/c1-13(2,10-14)11-4-6-12(7-5-11)16-9-3-8-15-16/h3-9H,1-2H3. The van der Waals surface area contributed by atoms with Crippen LogP contribution < -0.4 is 0 Å². The highest BCUT2D eigenvalue weighted by molar-refractivity contribution is 5.38. The average Bonchev–Trinajstić information content (AvgIpc) is 2.83. The zero-order valence-electron chi connectivity index (χ0n) is 9.38. The van der Waals surface area contributed by atoms with Crippen molar-refractivity contribution >= 4 is 0 Å². The molecule has 0 bridgehead atoms. The molecule has 0 saturated heterocycles. The van der Waals surface area contributed by atoms with Crippen LogP contribution in [0.5, 0.6) is 0 Å². The van der Waals surface area contributed by atoms with Gasteiger partial charge in [-0.25, -0.2) is 4.68 Å². The largest absolute Gasteiger partial charge is 0.241 e. The van der Waals surface area contributed by atoms with Crippen molar-refractivity contribution in [3.05, 3.63) is 48.3 Å². The Balaban J connectivity index is 2.35. The second-order valence-corrected chi connectivity index (χ2v) is 4.23. The number of aromatic nitrogens is 2. The topological polar surface area (TPSA) is 41.6 Å². The van der Waals surface area contributed by atoms with Crippen LogP contribution in [-0.2, 0) is 5.41 Å². The zero-order chi connectivity index (χ0) is 11.6. The van der Waals surface area contributed by atoms with Gasteiger partial charge in [-0.15, -0.1) is 0 Å². The molecule has 0 N–H and O–H groups in total. The second-order valence-electron chi connectivity index (χ2n) is 4.23. The molecule has 0 unspecified atom stereocenters. The molecule has 1 aromatic heterocycles. The van der Waals surface area contributed by atoms with Crippen molar-refractivity contribution in [2.45, 2.75) is 19.3 Å². The third-order valence-corrected chi connectivity index (χ3v) is 2.64. The van der Waals surface area contributed by atoms with Crippen molar-refractivity contribution in [3.8, 4) is 11.8 Å². The molecule has 0 atom stereocenters. The molecule has 0 aliphatic carbocycles. The molecule has 0 radical (unpaired) electrons. The van der Waals surface area contributed by atoms with Crippen LogP contribution in [0, 0.1) is 11.3 Å². The summed E-state index contributed by atoms with van der Waals surface area (Å²) in [6.07, 6.45) is 3.64. The Morgan fingerprint density at radius 1 is 1.25 bits per heavy atom. The van der Waals surface area contributed by atoms with Gasteiger partial charge in [-0.3, -0.25) is 0 Å². The quantitative estimate of drug-likeness (QED) is 0.766. The summed E-state index contributed by atoms with van der Waals surface area (Å²) in [5, 5.41) is 13.2. The molecular formula is C13H13N3. The highest BCUT2D eigenvalue weighted by Gasteiger charge is 2.19. The predicted octanol–water partition coefficient (Wildman–Crippen LogP) is 2.67. The van der Waals surface area contributed by atoms with Crippen molar-refractivity contribution in [1.29, 1.82) is 5.26 Å². The van der Waals surface area contributed by atoms with Crippen LogP contribution in [0.1, 0.15) is 19.4 Å². The van der Waals surface area contributed by atoms with Gasteiger partial charge in [0.15, 0.2) is 0 Å². The maximum atomic E-state index is 9.03. The Bertz CT molecular complexity index is 501. The Morgan fingerprint density at radius 3 is 2.44 bits per heavy atom. The van der Waals surface area contributed by atoms with E-state index in [0.29, 0.717) is 0 Å². The van der Waals surface area contributed by atoms with Gasteiger partial charge in [0.25, 0.3) is 0 Å². The molecular weight excluding hydrogens is 198 g/mol. The van der Waals surface area contributed by atoms with E-state index >= 15 is 0 Å². The van der Waals surface area contributed by atoms with E-state index < -0.39 is 5.41 Å². The molecule has 0 aliphatic rings. The molecule has 1 aromatic carbocycles. The van der Waals surface area contributed by atoms with Crippen LogP contribution in [-0.4, -0.2) is 9.78 Å². The minimum Gasteiger partial charge on any atom is -0.241 e. The van der Waals surface area contributed by atoms with Crippen molar-refractivity contribution in [3.63, 3.8) is 0 Å². The fraction of sp³-hybridized carbons (Fsp3) is 0.231. The molecule has 3 heteroatoms. The van der Waals surface area contributed by atoms with Crippen LogP contribution in [0.3, 0.4) is 0 Å². The van der Waals surface area contributed by atoms with E-state index in [9.17, 15) is 0 Å². The first-order valence-corrected chi connectivity index (χ1v) is 5.15. The van der Waals surface area contributed by atoms with Crippen LogP contribution in [0.4, 0.5) is 0 Å². The van der Waals surface area contributed by atoms with Gasteiger partial charge in [0, 0.05) is 12.4 Å². The van der Waals surface area contributed by atoms with Crippen LogP contribution in [0.25, 0.3) is 5.69 Å². The molecule has 3 nitrogen and oxygen atoms in total. The highest BCUT2D eigenvalue weighted by atomic mass is 15.3. The summed E-state index contributed by atoms with van der Waals surface area (Å²) in [5.74, 6) is 0. The van der Waals surface area contributed by atoms with E-state index in [1.54, 1.807) is 10.9 Å². The number of benzene rings is 1. The maximum absolute atomic E-state index is 9.03.